The zero-order valence-corrected chi connectivity index (χ0v) is 20.2. The van der Waals surface area contributed by atoms with Crippen LogP contribution in [0.3, 0.4) is 0 Å². The number of nitrogens with zero attached hydrogens (tertiary/aromatic N) is 1. The summed E-state index contributed by atoms with van der Waals surface area (Å²) in [6.45, 7) is 8.17. The first-order valence-corrected chi connectivity index (χ1v) is 11.6. The maximum atomic E-state index is 12.7. The lowest BCUT2D eigenvalue weighted by Gasteiger charge is -2.29. The molecule has 34 heavy (non-hydrogen) atoms. The van der Waals surface area contributed by atoms with Gasteiger partial charge in [0.05, 0.1) is 19.2 Å². The van der Waals surface area contributed by atoms with E-state index >= 15 is 0 Å². The van der Waals surface area contributed by atoms with E-state index in [1.807, 2.05) is 60.7 Å². The van der Waals surface area contributed by atoms with Crippen LogP contribution in [0.25, 0.3) is 0 Å². The Hall–Kier alpha value is -3.10. The zero-order chi connectivity index (χ0) is 24.6. The number of nitrogens with one attached hydrogen (secondary N) is 1. The van der Waals surface area contributed by atoms with Gasteiger partial charge in [0.1, 0.15) is 11.7 Å². The molecule has 8 nitrogen and oxygen atoms in total. The molecule has 1 N–H and O–H groups in total. The van der Waals surface area contributed by atoms with Crippen LogP contribution in [0.2, 0.25) is 0 Å². The normalized spacial score (nSPS) is 19.3. The molecule has 2 unspecified atom stereocenters. The maximum absolute atomic E-state index is 12.7. The fourth-order valence-corrected chi connectivity index (χ4v) is 3.77. The van der Waals surface area contributed by atoms with Gasteiger partial charge in [-0.2, -0.15) is 5.06 Å². The highest BCUT2D eigenvalue weighted by atomic mass is 16.8. The summed E-state index contributed by atoms with van der Waals surface area (Å²) < 4.78 is 16.1. The first-order valence-electron chi connectivity index (χ1n) is 11.6. The van der Waals surface area contributed by atoms with Crippen molar-refractivity contribution in [2.45, 2.75) is 64.5 Å². The largest absolute Gasteiger partial charge is 0.508 e. The number of carbonyl (C=O) groups is 2. The van der Waals surface area contributed by atoms with E-state index in [4.69, 9.17) is 19.0 Å². The van der Waals surface area contributed by atoms with Crippen molar-refractivity contribution in [2.75, 3.05) is 13.2 Å². The molecule has 2 aromatic rings. The average Bonchev–Trinajstić information content (AvgIpc) is 3.15. The van der Waals surface area contributed by atoms with Gasteiger partial charge >= 0.3 is 12.2 Å². The van der Waals surface area contributed by atoms with E-state index in [0.717, 1.165) is 11.1 Å². The number of benzene rings is 2. The van der Waals surface area contributed by atoms with Gasteiger partial charge in [-0.25, -0.2) is 9.59 Å². The predicted octanol–water partition coefficient (Wildman–Crippen LogP) is 4.48. The minimum atomic E-state index is -0.765. The maximum Gasteiger partial charge on any atom is 0.508 e. The van der Waals surface area contributed by atoms with E-state index in [-0.39, 0.29) is 6.61 Å². The molecule has 3 atom stereocenters. The Labute approximate surface area is 201 Å². The SMILES string of the molecule is CCOC(=O)OC1CN(Cc2ccccc2)OC1[C@H](Cc1ccccc1)NC(=O)OC(C)(C)C. The summed E-state index contributed by atoms with van der Waals surface area (Å²) in [5.41, 5.74) is 1.40. The van der Waals surface area contributed by atoms with E-state index in [1.54, 1.807) is 32.8 Å². The Morgan fingerprint density at radius 2 is 1.68 bits per heavy atom. The standard InChI is InChI=1S/C26H34N2O6/c1-5-31-25(30)32-22-18-28(17-20-14-10-7-11-15-20)34-23(22)21(16-19-12-8-6-9-13-19)27-24(29)33-26(2,3)4/h6-15,21-23H,5,16-18H2,1-4H3,(H,27,29)/t21-,22?,23?/m0/s1. The molecule has 1 fully saturated rings. The van der Waals surface area contributed by atoms with Crippen molar-refractivity contribution in [3.63, 3.8) is 0 Å². The van der Waals surface area contributed by atoms with Gasteiger partial charge in [-0.15, -0.1) is 0 Å². The van der Waals surface area contributed by atoms with Crippen LogP contribution >= 0.6 is 0 Å². The average molecular weight is 471 g/mol. The van der Waals surface area contributed by atoms with Gasteiger partial charge in [-0.1, -0.05) is 60.7 Å². The Kier molecular flexibility index (Phi) is 8.90. The van der Waals surface area contributed by atoms with Crippen LogP contribution in [0.1, 0.15) is 38.8 Å². The predicted molar refractivity (Wildman–Crippen MR) is 127 cm³/mol. The van der Waals surface area contributed by atoms with E-state index in [0.29, 0.717) is 19.5 Å². The molecule has 1 heterocycles. The molecular weight excluding hydrogens is 436 g/mol. The minimum Gasteiger partial charge on any atom is -0.444 e. The van der Waals surface area contributed by atoms with Crippen molar-refractivity contribution >= 4 is 12.2 Å². The molecular formula is C26H34N2O6. The molecule has 8 heteroatoms. The third kappa shape index (κ3) is 8.04. The first-order chi connectivity index (χ1) is 16.2. The lowest BCUT2D eigenvalue weighted by Crippen LogP contribution is -2.51. The third-order valence-corrected chi connectivity index (χ3v) is 5.13. The summed E-state index contributed by atoms with van der Waals surface area (Å²) in [7, 11) is 0. The van der Waals surface area contributed by atoms with Gasteiger partial charge in [-0.05, 0) is 45.2 Å². The fraction of sp³-hybridized carbons (Fsp3) is 0.462. The summed E-state index contributed by atoms with van der Waals surface area (Å²) in [6, 6.07) is 19.1. The molecule has 2 aromatic carbocycles. The lowest BCUT2D eigenvalue weighted by molar-refractivity contribution is -0.164. The molecule has 184 valence electrons. The molecule has 0 radical (unpaired) electrons. The van der Waals surface area contributed by atoms with Crippen molar-refractivity contribution in [1.82, 2.24) is 10.4 Å². The molecule has 3 rings (SSSR count). The van der Waals surface area contributed by atoms with Crippen molar-refractivity contribution < 1.29 is 28.6 Å². The molecule has 0 aliphatic carbocycles. The van der Waals surface area contributed by atoms with Crippen LogP contribution in [0.15, 0.2) is 60.7 Å². The summed E-state index contributed by atoms with van der Waals surface area (Å²) in [5.74, 6) is 0. The number of carbonyl (C=O) groups excluding carboxylic acids is 2. The van der Waals surface area contributed by atoms with Gasteiger partial charge < -0.3 is 19.5 Å². The quantitative estimate of drug-likeness (QED) is 0.569. The lowest BCUT2D eigenvalue weighted by atomic mass is 9.98. The second kappa shape index (κ2) is 11.9. The van der Waals surface area contributed by atoms with Crippen LogP contribution in [-0.4, -0.2) is 54.3 Å². The number of rotatable bonds is 8. The second-order valence-corrected chi connectivity index (χ2v) is 9.16. The zero-order valence-electron chi connectivity index (χ0n) is 20.2. The van der Waals surface area contributed by atoms with Gasteiger partial charge in [-0.3, -0.25) is 4.84 Å². The molecule has 0 bridgehead atoms. The molecule has 0 spiro atoms. The van der Waals surface area contributed by atoms with Crippen LogP contribution in [0, 0.1) is 0 Å². The number of hydrogen-bond acceptors (Lipinski definition) is 7. The highest BCUT2D eigenvalue weighted by Crippen LogP contribution is 2.25. The topological polar surface area (TPSA) is 86.3 Å². The van der Waals surface area contributed by atoms with E-state index in [1.165, 1.54) is 0 Å². The van der Waals surface area contributed by atoms with Crippen LogP contribution in [0.5, 0.6) is 0 Å². The molecule has 1 amide bonds. The van der Waals surface area contributed by atoms with Gasteiger partial charge in [0.15, 0.2) is 6.10 Å². The first kappa shape index (κ1) is 25.5. The van der Waals surface area contributed by atoms with E-state index in [2.05, 4.69) is 5.32 Å². The Morgan fingerprint density at radius 1 is 1.06 bits per heavy atom. The number of hydroxylamine groups is 2. The summed E-state index contributed by atoms with van der Waals surface area (Å²) in [6.07, 6.45) is -2.15. The molecule has 1 aliphatic rings. The van der Waals surface area contributed by atoms with Crippen molar-refractivity contribution in [3.8, 4) is 0 Å². The van der Waals surface area contributed by atoms with Crippen LogP contribution in [0.4, 0.5) is 9.59 Å². The van der Waals surface area contributed by atoms with Crippen molar-refractivity contribution in [1.29, 1.82) is 0 Å². The molecule has 1 saturated heterocycles. The van der Waals surface area contributed by atoms with Crippen molar-refractivity contribution in [2.24, 2.45) is 0 Å². The number of ether oxygens (including phenoxy) is 3. The van der Waals surface area contributed by atoms with E-state index in [9.17, 15) is 9.59 Å². The van der Waals surface area contributed by atoms with Crippen LogP contribution < -0.4 is 5.32 Å². The highest BCUT2D eigenvalue weighted by molar-refractivity contribution is 5.68. The van der Waals surface area contributed by atoms with Crippen molar-refractivity contribution in [3.05, 3.63) is 71.8 Å². The Balaban J connectivity index is 1.82. The second-order valence-electron chi connectivity index (χ2n) is 9.16. The van der Waals surface area contributed by atoms with Gasteiger partial charge in [0.25, 0.3) is 0 Å². The molecule has 1 aliphatic heterocycles. The monoisotopic (exact) mass is 470 g/mol. The smallest absolute Gasteiger partial charge is 0.444 e. The summed E-state index contributed by atoms with van der Waals surface area (Å²) in [4.78, 5) is 31.1. The Morgan fingerprint density at radius 3 is 2.26 bits per heavy atom. The third-order valence-electron chi connectivity index (χ3n) is 5.13. The molecule has 0 saturated carbocycles. The van der Waals surface area contributed by atoms with Gasteiger partial charge in [0, 0.05) is 6.54 Å². The van der Waals surface area contributed by atoms with Gasteiger partial charge in [0.2, 0.25) is 0 Å². The summed E-state index contributed by atoms with van der Waals surface area (Å²) in [5, 5.41) is 4.69. The Bertz CT molecular complexity index is 916. The minimum absolute atomic E-state index is 0.203. The number of alkyl carbamates (subject to hydrolysis) is 1. The van der Waals surface area contributed by atoms with Crippen LogP contribution in [-0.2, 0) is 32.0 Å². The summed E-state index contributed by atoms with van der Waals surface area (Å²) >= 11 is 0. The fourth-order valence-electron chi connectivity index (χ4n) is 3.77. The number of hydrogen-bond donors (Lipinski definition) is 1. The van der Waals surface area contributed by atoms with E-state index < -0.39 is 36.1 Å². The molecule has 0 aromatic heterocycles. The highest BCUT2D eigenvalue weighted by Gasteiger charge is 2.43. The number of amides is 1.